The molecule has 1 aliphatic rings. The van der Waals surface area contributed by atoms with Crippen LogP contribution < -0.4 is 5.73 Å². The zero-order chi connectivity index (χ0) is 12.7. The topological polar surface area (TPSA) is 55.5 Å². The predicted octanol–water partition coefficient (Wildman–Crippen LogP) is 2.32. The smallest absolute Gasteiger partial charge is 0.0806 e. The van der Waals surface area contributed by atoms with Crippen molar-refractivity contribution in [3.8, 4) is 0 Å². The highest BCUT2D eigenvalue weighted by Crippen LogP contribution is 2.37. The molecule has 3 heteroatoms. The van der Waals surface area contributed by atoms with E-state index in [2.05, 4.69) is 13.8 Å². The average Bonchev–Trinajstić information content (AvgIpc) is 2.29. The first-order valence-corrected chi connectivity index (χ1v) is 7.07. The number of nitrogens with two attached hydrogens (primary N) is 1. The Hall–Kier alpha value is -0.120. The second kappa shape index (κ2) is 7.34. The molecular formula is C14H29NO2. The molecule has 0 amide bonds. The Kier molecular flexibility index (Phi) is 6.45. The Bertz CT molecular complexity index is 208. The van der Waals surface area contributed by atoms with Gasteiger partial charge in [0, 0.05) is 19.8 Å². The molecule has 0 spiro atoms. The molecule has 0 heterocycles. The largest absolute Gasteiger partial charge is 0.396 e. The Morgan fingerprint density at radius 3 is 2.82 bits per heavy atom. The van der Waals surface area contributed by atoms with Gasteiger partial charge < -0.3 is 15.6 Å². The van der Waals surface area contributed by atoms with Crippen molar-refractivity contribution in [2.24, 2.45) is 17.6 Å². The highest BCUT2D eigenvalue weighted by molar-refractivity contribution is 4.89. The quantitative estimate of drug-likeness (QED) is 0.675. The van der Waals surface area contributed by atoms with E-state index in [9.17, 15) is 0 Å². The zero-order valence-electron chi connectivity index (χ0n) is 11.5. The van der Waals surface area contributed by atoms with Crippen molar-refractivity contribution in [3.05, 3.63) is 0 Å². The lowest BCUT2D eigenvalue weighted by molar-refractivity contribution is -0.0810. The summed E-state index contributed by atoms with van der Waals surface area (Å²) in [6.45, 7) is 6.03. The second-order valence-corrected chi connectivity index (χ2v) is 5.90. The zero-order valence-corrected chi connectivity index (χ0v) is 11.5. The standard InChI is InChI=1S/C14H29NO2/c1-12(2)9-13-5-3-6-14(10-13,11-15)17-8-4-7-16/h12-13,16H,3-11,15H2,1-2H3. The molecular weight excluding hydrogens is 214 g/mol. The van der Waals surface area contributed by atoms with E-state index < -0.39 is 0 Å². The summed E-state index contributed by atoms with van der Waals surface area (Å²) >= 11 is 0. The Morgan fingerprint density at radius 1 is 1.47 bits per heavy atom. The summed E-state index contributed by atoms with van der Waals surface area (Å²) < 4.78 is 5.99. The maximum atomic E-state index is 8.81. The van der Waals surface area contributed by atoms with Gasteiger partial charge in [0.25, 0.3) is 0 Å². The second-order valence-electron chi connectivity index (χ2n) is 5.90. The van der Waals surface area contributed by atoms with Crippen LogP contribution in [0, 0.1) is 11.8 Å². The van der Waals surface area contributed by atoms with Gasteiger partial charge in [-0.15, -0.1) is 0 Å². The number of hydrogen-bond donors (Lipinski definition) is 2. The number of ether oxygens (including phenoxy) is 1. The van der Waals surface area contributed by atoms with E-state index in [1.165, 1.54) is 19.3 Å². The summed E-state index contributed by atoms with van der Waals surface area (Å²) in [5.74, 6) is 1.52. The van der Waals surface area contributed by atoms with Gasteiger partial charge in [-0.05, 0) is 37.5 Å². The Balaban J connectivity index is 2.46. The molecule has 2 atom stereocenters. The van der Waals surface area contributed by atoms with Crippen molar-refractivity contribution in [3.63, 3.8) is 0 Å². The molecule has 2 unspecified atom stereocenters. The molecule has 17 heavy (non-hydrogen) atoms. The normalized spacial score (nSPS) is 29.8. The van der Waals surface area contributed by atoms with E-state index in [1.807, 2.05) is 0 Å². The van der Waals surface area contributed by atoms with Gasteiger partial charge in [-0.1, -0.05) is 26.7 Å². The number of hydrogen-bond acceptors (Lipinski definition) is 3. The van der Waals surface area contributed by atoms with Gasteiger partial charge in [0.2, 0.25) is 0 Å². The number of aliphatic hydroxyl groups excluding tert-OH is 1. The molecule has 1 aliphatic carbocycles. The summed E-state index contributed by atoms with van der Waals surface area (Å²) in [6.07, 6.45) is 6.75. The van der Waals surface area contributed by atoms with E-state index in [0.717, 1.165) is 31.1 Å². The number of aliphatic hydroxyl groups is 1. The fourth-order valence-corrected chi connectivity index (χ4v) is 3.04. The van der Waals surface area contributed by atoms with Crippen LogP contribution in [0.3, 0.4) is 0 Å². The molecule has 0 aromatic carbocycles. The third kappa shape index (κ3) is 4.94. The fraction of sp³-hybridized carbons (Fsp3) is 1.00. The molecule has 0 saturated heterocycles. The molecule has 0 aromatic rings. The molecule has 0 radical (unpaired) electrons. The molecule has 1 rings (SSSR count). The van der Waals surface area contributed by atoms with Gasteiger partial charge in [0.1, 0.15) is 0 Å². The maximum Gasteiger partial charge on any atom is 0.0806 e. The minimum absolute atomic E-state index is 0.104. The minimum Gasteiger partial charge on any atom is -0.396 e. The summed E-state index contributed by atoms with van der Waals surface area (Å²) in [5.41, 5.74) is 5.82. The van der Waals surface area contributed by atoms with Crippen LogP contribution in [0.2, 0.25) is 0 Å². The van der Waals surface area contributed by atoms with E-state index in [1.54, 1.807) is 0 Å². The first kappa shape index (κ1) is 14.9. The van der Waals surface area contributed by atoms with Crippen LogP contribution >= 0.6 is 0 Å². The van der Waals surface area contributed by atoms with E-state index in [4.69, 9.17) is 15.6 Å². The van der Waals surface area contributed by atoms with Gasteiger partial charge in [-0.3, -0.25) is 0 Å². The third-order valence-electron chi connectivity index (χ3n) is 3.79. The highest BCUT2D eigenvalue weighted by atomic mass is 16.5. The lowest BCUT2D eigenvalue weighted by Crippen LogP contribution is -2.45. The highest BCUT2D eigenvalue weighted by Gasteiger charge is 2.36. The van der Waals surface area contributed by atoms with Crippen LogP contribution in [0.25, 0.3) is 0 Å². The molecule has 0 aromatic heterocycles. The summed E-state index contributed by atoms with van der Waals surface area (Å²) in [7, 11) is 0. The average molecular weight is 243 g/mol. The Morgan fingerprint density at radius 2 is 2.24 bits per heavy atom. The van der Waals surface area contributed by atoms with Crippen molar-refractivity contribution in [2.75, 3.05) is 19.8 Å². The van der Waals surface area contributed by atoms with Crippen LogP contribution in [0.15, 0.2) is 0 Å². The first-order chi connectivity index (χ1) is 8.12. The SMILES string of the molecule is CC(C)CC1CCCC(CN)(OCCCO)C1. The molecule has 3 N–H and O–H groups in total. The van der Waals surface area contributed by atoms with E-state index >= 15 is 0 Å². The molecule has 0 bridgehead atoms. The molecule has 0 aliphatic heterocycles. The minimum atomic E-state index is -0.104. The molecule has 1 saturated carbocycles. The fourth-order valence-electron chi connectivity index (χ4n) is 3.04. The lowest BCUT2D eigenvalue weighted by Gasteiger charge is -2.40. The van der Waals surface area contributed by atoms with Gasteiger partial charge in [-0.2, -0.15) is 0 Å². The monoisotopic (exact) mass is 243 g/mol. The van der Waals surface area contributed by atoms with Gasteiger partial charge in [0.05, 0.1) is 5.60 Å². The van der Waals surface area contributed by atoms with E-state index in [0.29, 0.717) is 13.2 Å². The Labute approximate surface area is 106 Å². The summed E-state index contributed by atoms with van der Waals surface area (Å²) in [4.78, 5) is 0. The molecule has 1 fully saturated rings. The van der Waals surface area contributed by atoms with Crippen molar-refractivity contribution < 1.29 is 9.84 Å². The third-order valence-corrected chi connectivity index (χ3v) is 3.79. The first-order valence-electron chi connectivity index (χ1n) is 7.07. The van der Waals surface area contributed by atoms with Crippen molar-refractivity contribution in [1.82, 2.24) is 0 Å². The van der Waals surface area contributed by atoms with Crippen LogP contribution in [0.5, 0.6) is 0 Å². The lowest BCUT2D eigenvalue weighted by atomic mass is 9.75. The molecule has 3 nitrogen and oxygen atoms in total. The van der Waals surface area contributed by atoms with Crippen molar-refractivity contribution in [2.45, 2.75) is 58.0 Å². The van der Waals surface area contributed by atoms with Crippen molar-refractivity contribution in [1.29, 1.82) is 0 Å². The summed E-state index contributed by atoms with van der Waals surface area (Å²) in [6, 6.07) is 0. The van der Waals surface area contributed by atoms with Crippen LogP contribution in [-0.4, -0.2) is 30.5 Å². The van der Waals surface area contributed by atoms with Gasteiger partial charge in [0.15, 0.2) is 0 Å². The van der Waals surface area contributed by atoms with E-state index in [-0.39, 0.29) is 12.2 Å². The van der Waals surface area contributed by atoms with Gasteiger partial charge in [-0.25, -0.2) is 0 Å². The number of rotatable bonds is 7. The summed E-state index contributed by atoms with van der Waals surface area (Å²) in [5, 5.41) is 8.81. The van der Waals surface area contributed by atoms with Crippen LogP contribution in [0.1, 0.15) is 52.4 Å². The van der Waals surface area contributed by atoms with Crippen LogP contribution in [-0.2, 0) is 4.74 Å². The molecule has 102 valence electrons. The van der Waals surface area contributed by atoms with Gasteiger partial charge >= 0.3 is 0 Å². The predicted molar refractivity (Wildman–Crippen MR) is 70.9 cm³/mol. The maximum absolute atomic E-state index is 8.81. The van der Waals surface area contributed by atoms with Crippen molar-refractivity contribution >= 4 is 0 Å². The van der Waals surface area contributed by atoms with Crippen LogP contribution in [0.4, 0.5) is 0 Å².